The molecule has 0 radical (unpaired) electrons. The van der Waals surface area contributed by atoms with Gasteiger partial charge in [-0.2, -0.15) is 0 Å². The maximum absolute atomic E-state index is 12.4. The monoisotopic (exact) mass is 302 g/mol. The SMILES string of the molecule is CCCC(CC(=O)O)NC(=O)N(CCOC)C(CC)CC. The Balaban J connectivity index is 4.77. The third kappa shape index (κ3) is 7.90. The average Bonchev–Trinajstić information content (AvgIpc) is 2.42. The molecule has 0 saturated heterocycles. The lowest BCUT2D eigenvalue weighted by molar-refractivity contribution is -0.137. The van der Waals surface area contributed by atoms with E-state index in [1.54, 1.807) is 12.0 Å². The number of carboxylic acids is 1. The quantitative estimate of drug-likeness (QED) is 0.614. The summed E-state index contributed by atoms with van der Waals surface area (Å²) in [6.45, 7) is 7.05. The van der Waals surface area contributed by atoms with Crippen LogP contribution in [0.15, 0.2) is 0 Å². The van der Waals surface area contributed by atoms with E-state index in [1.807, 2.05) is 20.8 Å². The van der Waals surface area contributed by atoms with Crippen LogP contribution < -0.4 is 5.32 Å². The van der Waals surface area contributed by atoms with Crippen molar-refractivity contribution >= 4 is 12.0 Å². The summed E-state index contributed by atoms with van der Waals surface area (Å²) in [5, 5.41) is 11.8. The van der Waals surface area contributed by atoms with E-state index in [1.165, 1.54) is 0 Å². The van der Waals surface area contributed by atoms with E-state index in [0.29, 0.717) is 19.6 Å². The molecule has 2 amide bonds. The Morgan fingerprint density at radius 1 is 1.24 bits per heavy atom. The second-order valence-corrected chi connectivity index (χ2v) is 5.19. The van der Waals surface area contributed by atoms with Gasteiger partial charge in [0.2, 0.25) is 0 Å². The van der Waals surface area contributed by atoms with E-state index >= 15 is 0 Å². The molecule has 0 heterocycles. The number of carbonyl (C=O) groups excluding carboxylic acids is 1. The van der Waals surface area contributed by atoms with Crippen LogP contribution in [-0.2, 0) is 9.53 Å². The number of nitrogens with zero attached hydrogens (tertiary/aromatic N) is 1. The summed E-state index contributed by atoms with van der Waals surface area (Å²) in [5.74, 6) is -0.889. The Kier molecular flexibility index (Phi) is 10.7. The molecule has 6 heteroatoms. The highest BCUT2D eigenvalue weighted by Crippen LogP contribution is 2.10. The Morgan fingerprint density at radius 3 is 2.29 bits per heavy atom. The maximum atomic E-state index is 12.4. The molecule has 1 unspecified atom stereocenters. The van der Waals surface area contributed by atoms with Crippen molar-refractivity contribution in [1.82, 2.24) is 10.2 Å². The average molecular weight is 302 g/mol. The molecular formula is C15H30N2O4. The summed E-state index contributed by atoms with van der Waals surface area (Å²) in [6.07, 6.45) is 3.19. The number of nitrogens with one attached hydrogen (secondary N) is 1. The minimum absolute atomic E-state index is 0.0411. The molecular weight excluding hydrogens is 272 g/mol. The van der Waals surface area contributed by atoms with Crippen LogP contribution in [0.25, 0.3) is 0 Å². The predicted molar refractivity (Wildman–Crippen MR) is 82.4 cm³/mol. The number of carboxylic acid groups (broad SMARTS) is 1. The van der Waals surface area contributed by atoms with Crippen molar-refractivity contribution in [3.63, 3.8) is 0 Å². The van der Waals surface area contributed by atoms with Gasteiger partial charge in [0.05, 0.1) is 13.0 Å². The zero-order valence-corrected chi connectivity index (χ0v) is 13.7. The number of amides is 2. The van der Waals surface area contributed by atoms with Gasteiger partial charge in [-0.3, -0.25) is 4.79 Å². The number of hydrogen-bond acceptors (Lipinski definition) is 3. The van der Waals surface area contributed by atoms with Crippen LogP contribution in [0.4, 0.5) is 4.79 Å². The van der Waals surface area contributed by atoms with E-state index in [0.717, 1.165) is 19.3 Å². The van der Waals surface area contributed by atoms with Crippen molar-refractivity contribution < 1.29 is 19.4 Å². The lowest BCUT2D eigenvalue weighted by atomic mass is 10.1. The molecule has 0 rings (SSSR count). The molecule has 1 atom stereocenters. The highest BCUT2D eigenvalue weighted by molar-refractivity contribution is 5.76. The predicted octanol–water partition coefficient (Wildman–Crippen LogP) is 2.48. The van der Waals surface area contributed by atoms with Crippen molar-refractivity contribution in [2.75, 3.05) is 20.3 Å². The van der Waals surface area contributed by atoms with E-state index in [2.05, 4.69) is 5.32 Å². The summed E-state index contributed by atoms with van der Waals surface area (Å²) < 4.78 is 5.06. The number of rotatable bonds is 11. The topological polar surface area (TPSA) is 78.9 Å². The minimum Gasteiger partial charge on any atom is -0.481 e. The normalized spacial score (nSPS) is 12.2. The van der Waals surface area contributed by atoms with Crippen molar-refractivity contribution in [2.24, 2.45) is 0 Å². The van der Waals surface area contributed by atoms with Gasteiger partial charge < -0.3 is 20.1 Å². The first-order valence-electron chi connectivity index (χ1n) is 7.77. The number of urea groups is 1. The maximum Gasteiger partial charge on any atom is 0.317 e. The second-order valence-electron chi connectivity index (χ2n) is 5.19. The molecule has 2 N–H and O–H groups in total. The van der Waals surface area contributed by atoms with Gasteiger partial charge in [0.25, 0.3) is 0 Å². The Labute approximate surface area is 127 Å². The molecule has 0 aromatic heterocycles. The van der Waals surface area contributed by atoms with E-state index in [4.69, 9.17) is 9.84 Å². The molecule has 124 valence electrons. The zero-order valence-electron chi connectivity index (χ0n) is 13.7. The van der Waals surface area contributed by atoms with Crippen LogP contribution in [0.1, 0.15) is 52.9 Å². The molecule has 0 fully saturated rings. The molecule has 6 nitrogen and oxygen atoms in total. The largest absolute Gasteiger partial charge is 0.481 e. The van der Waals surface area contributed by atoms with Gasteiger partial charge in [0, 0.05) is 25.7 Å². The van der Waals surface area contributed by atoms with Gasteiger partial charge in [-0.1, -0.05) is 27.2 Å². The van der Waals surface area contributed by atoms with E-state index in [-0.39, 0.29) is 24.5 Å². The fourth-order valence-electron chi connectivity index (χ4n) is 2.41. The molecule has 0 aliphatic heterocycles. The van der Waals surface area contributed by atoms with Gasteiger partial charge in [-0.05, 0) is 19.3 Å². The number of ether oxygens (including phenoxy) is 1. The van der Waals surface area contributed by atoms with Crippen LogP contribution in [0.5, 0.6) is 0 Å². The number of carbonyl (C=O) groups is 2. The standard InChI is InChI=1S/C15H30N2O4/c1-5-8-12(11-14(18)19)16-15(20)17(9-10-21-4)13(6-2)7-3/h12-13H,5-11H2,1-4H3,(H,16,20)(H,18,19). The van der Waals surface area contributed by atoms with Gasteiger partial charge in [0.15, 0.2) is 0 Å². The fraction of sp³-hybridized carbons (Fsp3) is 0.867. The molecule has 0 aromatic rings. The van der Waals surface area contributed by atoms with Gasteiger partial charge in [-0.15, -0.1) is 0 Å². The first kappa shape index (κ1) is 19.7. The van der Waals surface area contributed by atoms with Crippen LogP contribution in [0.3, 0.4) is 0 Å². The minimum atomic E-state index is -0.889. The molecule has 0 bridgehead atoms. The summed E-state index contributed by atoms with van der Waals surface area (Å²) in [6, 6.07) is -0.368. The third-order valence-corrected chi connectivity index (χ3v) is 3.57. The van der Waals surface area contributed by atoms with Gasteiger partial charge in [0.1, 0.15) is 0 Å². The van der Waals surface area contributed by atoms with Crippen molar-refractivity contribution in [3.05, 3.63) is 0 Å². The second kappa shape index (κ2) is 11.4. The molecule has 21 heavy (non-hydrogen) atoms. The van der Waals surface area contributed by atoms with Crippen molar-refractivity contribution in [2.45, 2.75) is 65.0 Å². The first-order chi connectivity index (χ1) is 9.99. The third-order valence-electron chi connectivity index (χ3n) is 3.57. The fourth-order valence-corrected chi connectivity index (χ4v) is 2.41. The van der Waals surface area contributed by atoms with Gasteiger partial charge in [-0.25, -0.2) is 4.79 Å². The van der Waals surface area contributed by atoms with Crippen LogP contribution >= 0.6 is 0 Å². The molecule has 0 aliphatic rings. The molecule has 0 aromatic carbocycles. The Morgan fingerprint density at radius 2 is 1.86 bits per heavy atom. The van der Waals surface area contributed by atoms with E-state index in [9.17, 15) is 9.59 Å². The van der Waals surface area contributed by atoms with Crippen LogP contribution in [0.2, 0.25) is 0 Å². The summed E-state index contributed by atoms with van der Waals surface area (Å²) in [4.78, 5) is 25.1. The smallest absolute Gasteiger partial charge is 0.317 e. The summed E-state index contributed by atoms with van der Waals surface area (Å²) >= 11 is 0. The number of methoxy groups -OCH3 is 1. The lowest BCUT2D eigenvalue weighted by Crippen LogP contribution is -2.50. The molecule has 0 aliphatic carbocycles. The number of aliphatic carboxylic acids is 1. The Hall–Kier alpha value is -1.30. The summed E-state index contributed by atoms with van der Waals surface area (Å²) in [5.41, 5.74) is 0. The first-order valence-corrected chi connectivity index (χ1v) is 7.77. The van der Waals surface area contributed by atoms with E-state index < -0.39 is 5.97 Å². The van der Waals surface area contributed by atoms with Crippen LogP contribution in [-0.4, -0.2) is 54.4 Å². The Bertz CT molecular complexity index is 306. The van der Waals surface area contributed by atoms with Crippen LogP contribution in [0, 0.1) is 0 Å². The summed E-state index contributed by atoms with van der Waals surface area (Å²) in [7, 11) is 1.60. The lowest BCUT2D eigenvalue weighted by Gasteiger charge is -2.32. The molecule has 0 saturated carbocycles. The number of hydrogen-bond donors (Lipinski definition) is 2. The van der Waals surface area contributed by atoms with Crippen molar-refractivity contribution in [1.29, 1.82) is 0 Å². The van der Waals surface area contributed by atoms with Crippen molar-refractivity contribution in [3.8, 4) is 0 Å². The van der Waals surface area contributed by atoms with Gasteiger partial charge >= 0.3 is 12.0 Å². The highest BCUT2D eigenvalue weighted by atomic mass is 16.5. The molecule has 0 spiro atoms. The highest BCUT2D eigenvalue weighted by Gasteiger charge is 2.23. The zero-order chi connectivity index (χ0) is 16.3.